The minimum atomic E-state index is 0.261. The van der Waals surface area contributed by atoms with Gasteiger partial charge in [-0.05, 0) is 137 Å². The van der Waals surface area contributed by atoms with Gasteiger partial charge in [0.2, 0.25) is 0 Å². The van der Waals surface area contributed by atoms with Crippen LogP contribution in [0.2, 0.25) is 0 Å². The summed E-state index contributed by atoms with van der Waals surface area (Å²) in [5, 5.41) is 5.16. The van der Waals surface area contributed by atoms with E-state index < -0.39 is 0 Å². The Bertz CT molecular complexity index is 3040. The van der Waals surface area contributed by atoms with Crippen LogP contribution in [-0.4, -0.2) is 5.71 Å². The average Bonchev–Trinajstić information content (AvgIpc) is 3.84. The van der Waals surface area contributed by atoms with E-state index in [1.165, 1.54) is 111 Å². The van der Waals surface area contributed by atoms with Crippen molar-refractivity contribution < 1.29 is 0 Å². The van der Waals surface area contributed by atoms with Gasteiger partial charge in [-0.1, -0.05) is 146 Å². The van der Waals surface area contributed by atoms with E-state index in [2.05, 4.69) is 176 Å². The molecular weight excluding hydrogens is 651 g/mol. The van der Waals surface area contributed by atoms with E-state index in [9.17, 15) is 0 Å². The molecule has 0 amide bonds. The van der Waals surface area contributed by atoms with Gasteiger partial charge in [0.1, 0.15) is 0 Å². The fraction of sp³-hybridized carbons (Fsp3) is 0.0755. The summed E-state index contributed by atoms with van der Waals surface area (Å²) in [5.41, 5.74) is 21.2. The highest BCUT2D eigenvalue weighted by Gasteiger charge is 2.38. The van der Waals surface area contributed by atoms with E-state index >= 15 is 0 Å². The third kappa shape index (κ3) is 4.36. The molecule has 0 saturated heterocycles. The first-order chi connectivity index (χ1) is 26.8. The van der Waals surface area contributed by atoms with Gasteiger partial charge < -0.3 is 0 Å². The van der Waals surface area contributed by atoms with Crippen LogP contribution in [0.25, 0.3) is 50.2 Å². The van der Waals surface area contributed by atoms with Crippen molar-refractivity contribution in [1.82, 2.24) is 0 Å². The van der Waals surface area contributed by atoms with Gasteiger partial charge in [-0.25, -0.2) is 0 Å². The molecule has 0 bridgehead atoms. The zero-order chi connectivity index (χ0) is 35.3. The van der Waals surface area contributed by atoms with Gasteiger partial charge in [0.15, 0.2) is 0 Å². The summed E-state index contributed by atoms with van der Waals surface area (Å²) in [6.07, 6.45) is 8.91. The van der Waals surface area contributed by atoms with Crippen LogP contribution in [0.15, 0.2) is 192 Å². The van der Waals surface area contributed by atoms with E-state index in [1.54, 1.807) is 0 Å². The third-order valence-electron chi connectivity index (χ3n) is 12.5. The van der Waals surface area contributed by atoms with Gasteiger partial charge in [-0.3, -0.25) is 4.99 Å². The first kappa shape index (κ1) is 29.9. The van der Waals surface area contributed by atoms with Crippen molar-refractivity contribution in [2.75, 3.05) is 0 Å². The molecule has 4 aliphatic carbocycles. The van der Waals surface area contributed by atoms with Gasteiger partial charge in [0.25, 0.3) is 0 Å². The van der Waals surface area contributed by atoms with E-state index in [1.807, 2.05) is 0 Å². The van der Waals surface area contributed by atoms with Crippen LogP contribution in [0, 0.1) is 5.92 Å². The van der Waals surface area contributed by atoms with E-state index in [-0.39, 0.29) is 11.8 Å². The van der Waals surface area contributed by atoms with Crippen molar-refractivity contribution in [2.24, 2.45) is 10.9 Å². The quantitative estimate of drug-likeness (QED) is 0.176. The molecule has 2 atom stereocenters. The van der Waals surface area contributed by atoms with Crippen molar-refractivity contribution in [2.45, 2.75) is 18.8 Å². The second-order valence-corrected chi connectivity index (χ2v) is 15.3. The molecule has 252 valence electrons. The topological polar surface area (TPSA) is 12.4 Å². The van der Waals surface area contributed by atoms with Crippen LogP contribution < -0.4 is 10.4 Å². The van der Waals surface area contributed by atoms with Crippen LogP contribution in [0.4, 0.5) is 0 Å². The molecule has 0 fully saturated rings. The fourth-order valence-corrected chi connectivity index (χ4v) is 10.1. The highest BCUT2D eigenvalue weighted by molar-refractivity contribution is 6.17. The number of nitrogens with zero attached hydrogens (tertiary/aromatic N) is 1. The first-order valence-electron chi connectivity index (χ1n) is 19.2. The maximum atomic E-state index is 5.17. The number of aliphatic imine (C=N–C) groups is 1. The summed E-state index contributed by atoms with van der Waals surface area (Å²) in [5.74, 6) is 0.530. The van der Waals surface area contributed by atoms with Crippen molar-refractivity contribution in [3.05, 3.63) is 231 Å². The highest BCUT2D eigenvalue weighted by Crippen LogP contribution is 2.50. The van der Waals surface area contributed by atoms with Crippen LogP contribution in [0.3, 0.4) is 0 Å². The monoisotopic (exact) mass is 685 g/mol. The standard InChI is InChI=1S/C53H35N/c1-2-11-32(12-3-1)50-40-15-6-4-13-37(40)31-48-47(50)30-38-14-5-7-16-41(38)51(48)39-24-23-33-27-34(21-22-35(33)28-39)36-25-26-44-46(29-36)42-17-8-9-18-43(42)52-45-19-10-20-49(45)54-53(44)52/h1-18,20-30,48,52H,19,31H2. The summed E-state index contributed by atoms with van der Waals surface area (Å²) in [6, 6.07) is 59.1. The summed E-state index contributed by atoms with van der Waals surface area (Å²) in [6.45, 7) is 0. The van der Waals surface area contributed by atoms with Crippen molar-refractivity contribution >= 4 is 33.7 Å². The molecule has 54 heavy (non-hydrogen) atoms. The smallest absolute Gasteiger partial charge is 0.0635 e. The Kier molecular flexibility index (Phi) is 6.36. The van der Waals surface area contributed by atoms with Gasteiger partial charge in [0, 0.05) is 11.5 Å². The lowest BCUT2D eigenvalue weighted by atomic mass is 9.69. The first-order valence-corrected chi connectivity index (χ1v) is 19.2. The molecule has 1 aliphatic heterocycles. The van der Waals surface area contributed by atoms with Gasteiger partial charge in [-0.2, -0.15) is 0 Å². The maximum absolute atomic E-state index is 5.17. The van der Waals surface area contributed by atoms with Crippen molar-refractivity contribution in [1.29, 1.82) is 0 Å². The molecule has 0 N–H and O–H groups in total. The lowest BCUT2D eigenvalue weighted by Gasteiger charge is -2.34. The third-order valence-corrected chi connectivity index (χ3v) is 12.5. The minimum Gasteiger partial charge on any atom is -0.252 e. The molecule has 0 aromatic heterocycles. The Morgan fingerprint density at radius 3 is 2.17 bits per heavy atom. The summed E-state index contributed by atoms with van der Waals surface area (Å²) >= 11 is 0. The fourth-order valence-electron chi connectivity index (χ4n) is 10.1. The Morgan fingerprint density at radius 2 is 1.26 bits per heavy atom. The van der Waals surface area contributed by atoms with Crippen LogP contribution in [-0.2, 0) is 6.42 Å². The van der Waals surface area contributed by atoms with Crippen molar-refractivity contribution in [3.63, 3.8) is 0 Å². The van der Waals surface area contributed by atoms with E-state index in [0.717, 1.165) is 12.8 Å². The number of allylic oxidation sites excluding steroid dienone is 4. The molecule has 1 heteroatoms. The van der Waals surface area contributed by atoms with E-state index in [0.29, 0.717) is 0 Å². The average molecular weight is 686 g/mol. The molecule has 1 nitrogen and oxygen atoms in total. The maximum Gasteiger partial charge on any atom is 0.0635 e. The number of hydrogen-bond acceptors (Lipinski definition) is 1. The number of hydrogen-bond donors (Lipinski definition) is 0. The van der Waals surface area contributed by atoms with Gasteiger partial charge in [-0.15, -0.1) is 0 Å². The van der Waals surface area contributed by atoms with Gasteiger partial charge >= 0.3 is 0 Å². The Balaban J connectivity index is 0.972. The molecule has 2 unspecified atom stereocenters. The van der Waals surface area contributed by atoms with E-state index in [4.69, 9.17) is 4.99 Å². The summed E-state index contributed by atoms with van der Waals surface area (Å²) in [7, 11) is 0. The highest BCUT2D eigenvalue weighted by atomic mass is 14.8. The SMILES string of the molecule is C1=CC2=C(C1)C1C(=N2)c2ccc(-c3ccc4cc(C5=c6ccccc6=CC6=C(c7ccccc7)c7ccccc7CC65)ccc4c3)cc2-c2ccccc21. The van der Waals surface area contributed by atoms with Crippen molar-refractivity contribution in [3.8, 4) is 22.3 Å². The summed E-state index contributed by atoms with van der Waals surface area (Å²) < 4.78 is 0. The molecule has 5 aliphatic rings. The Labute approximate surface area is 315 Å². The molecule has 7 aromatic carbocycles. The predicted octanol–water partition coefficient (Wildman–Crippen LogP) is 11.0. The Hall–Kier alpha value is -6.57. The number of rotatable bonds is 3. The minimum absolute atomic E-state index is 0.261. The van der Waals surface area contributed by atoms with Gasteiger partial charge in [0.05, 0.1) is 17.3 Å². The normalized spacial score (nSPS) is 18.6. The number of benzene rings is 7. The predicted molar refractivity (Wildman–Crippen MR) is 224 cm³/mol. The largest absolute Gasteiger partial charge is 0.252 e. The molecule has 0 spiro atoms. The molecule has 1 heterocycles. The molecule has 7 aromatic rings. The molecule has 0 saturated carbocycles. The second-order valence-electron chi connectivity index (χ2n) is 15.3. The zero-order valence-electron chi connectivity index (χ0n) is 29.8. The van der Waals surface area contributed by atoms with Crippen LogP contribution in [0.5, 0.6) is 0 Å². The molecular formula is C53H35N. The molecule has 12 rings (SSSR count). The lowest BCUT2D eigenvalue weighted by Crippen LogP contribution is -2.36. The Morgan fingerprint density at radius 1 is 0.537 bits per heavy atom. The zero-order valence-corrected chi connectivity index (χ0v) is 29.8. The lowest BCUT2D eigenvalue weighted by molar-refractivity contribution is 0.777. The van der Waals surface area contributed by atoms with Crippen LogP contribution >= 0.6 is 0 Å². The number of fused-ring (bicyclic) bond motifs is 11. The van der Waals surface area contributed by atoms with Crippen LogP contribution in [0.1, 0.15) is 45.7 Å². The molecule has 0 radical (unpaired) electrons. The second kappa shape index (κ2) is 11.5. The summed E-state index contributed by atoms with van der Waals surface area (Å²) in [4.78, 5) is 5.17.